The molecule has 0 fully saturated rings. The summed E-state index contributed by atoms with van der Waals surface area (Å²) in [6.45, 7) is 3.50. The second-order valence-electron chi connectivity index (χ2n) is 4.15. The molecule has 0 aliphatic rings. The number of nitro groups is 1. The maximum absolute atomic E-state index is 11.6. The molecule has 6 nitrogen and oxygen atoms in total. The molecular weight excluding hydrogens is 268 g/mol. The van der Waals surface area contributed by atoms with Crippen LogP contribution in [0.3, 0.4) is 0 Å². The molecule has 1 atom stereocenters. The molecule has 0 saturated carbocycles. The third-order valence-electron chi connectivity index (χ3n) is 2.33. The summed E-state index contributed by atoms with van der Waals surface area (Å²) in [6, 6.07) is 6.34. The zero-order valence-electron chi connectivity index (χ0n) is 10.8. The summed E-state index contributed by atoms with van der Waals surface area (Å²) in [4.78, 5) is 22.5. The molecule has 7 heteroatoms. The lowest BCUT2D eigenvalue weighted by Crippen LogP contribution is -2.48. The number of carbonyl (C=O) groups is 1. The van der Waals surface area contributed by atoms with Crippen LogP contribution in [-0.4, -0.2) is 28.8 Å². The summed E-state index contributed by atoms with van der Waals surface area (Å²) >= 11 is 1.17. The lowest BCUT2D eigenvalue weighted by atomic mass is 10.1. The molecule has 0 saturated heterocycles. The lowest BCUT2D eigenvalue weighted by molar-refractivity contribution is -0.387. The number of nitrogens with two attached hydrogens (primary N) is 1. The third kappa shape index (κ3) is 4.22. The highest BCUT2D eigenvalue weighted by atomic mass is 32.2. The van der Waals surface area contributed by atoms with Crippen LogP contribution in [-0.2, 0) is 9.53 Å². The molecule has 0 aromatic heterocycles. The molecule has 1 rings (SSSR count). The summed E-state index contributed by atoms with van der Waals surface area (Å²) in [6.07, 6.45) is 0. The second-order valence-corrected chi connectivity index (χ2v) is 5.17. The maximum atomic E-state index is 11.6. The van der Waals surface area contributed by atoms with Crippen molar-refractivity contribution in [2.24, 2.45) is 5.73 Å². The quantitative estimate of drug-likeness (QED) is 0.371. The van der Waals surface area contributed by atoms with E-state index in [-0.39, 0.29) is 18.0 Å². The van der Waals surface area contributed by atoms with Crippen LogP contribution in [0.1, 0.15) is 13.8 Å². The Labute approximate surface area is 115 Å². The van der Waals surface area contributed by atoms with Crippen molar-refractivity contribution < 1.29 is 14.5 Å². The van der Waals surface area contributed by atoms with Crippen molar-refractivity contribution in [3.8, 4) is 0 Å². The van der Waals surface area contributed by atoms with Crippen LogP contribution < -0.4 is 5.73 Å². The predicted molar refractivity (Wildman–Crippen MR) is 73.0 cm³/mol. The number of para-hydroxylation sites is 1. The van der Waals surface area contributed by atoms with Gasteiger partial charge in [-0.05, 0) is 19.9 Å². The van der Waals surface area contributed by atoms with Gasteiger partial charge in [0.25, 0.3) is 5.69 Å². The molecule has 0 amide bonds. The minimum atomic E-state index is -1.18. The standard InChI is InChI=1S/C12H16N2O4S/c1-3-18-11(15)12(2,13)8-19-10-7-5-4-6-9(10)14(16)17/h4-7H,3,8,13H2,1-2H3. The Morgan fingerprint density at radius 3 is 2.74 bits per heavy atom. The van der Waals surface area contributed by atoms with Gasteiger partial charge < -0.3 is 10.5 Å². The van der Waals surface area contributed by atoms with E-state index in [1.54, 1.807) is 32.0 Å². The van der Waals surface area contributed by atoms with Crippen LogP contribution in [0.4, 0.5) is 5.69 Å². The normalized spacial score (nSPS) is 13.6. The first-order valence-corrected chi connectivity index (χ1v) is 6.69. The highest BCUT2D eigenvalue weighted by molar-refractivity contribution is 7.99. The first-order chi connectivity index (χ1) is 8.88. The SMILES string of the molecule is CCOC(=O)C(C)(N)CSc1ccccc1[N+](=O)[O-]. The topological polar surface area (TPSA) is 95.5 Å². The van der Waals surface area contributed by atoms with E-state index in [0.717, 1.165) is 0 Å². The fourth-order valence-corrected chi connectivity index (χ4v) is 2.35. The number of rotatable bonds is 6. The fourth-order valence-electron chi connectivity index (χ4n) is 1.31. The molecule has 0 aliphatic heterocycles. The largest absolute Gasteiger partial charge is 0.465 e. The van der Waals surface area contributed by atoms with Crippen molar-refractivity contribution in [3.05, 3.63) is 34.4 Å². The van der Waals surface area contributed by atoms with Gasteiger partial charge in [0.2, 0.25) is 0 Å². The third-order valence-corrected chi connectivity index (χ3v) is 3.73. The van der Waals surface area contributed by atoms with Gasteiger partial charge in [-0.3, -0.25) is 14.9 Å². The summed E-state index contributed by atoms with van der Waals surface area (Å²) in [5.74, 6) is -0.308. The average molecular weight is 284 g/mol. The van der Waals surface area contributed by atoms with E-state index >= 15 is 0 Å². The number of carbonyl (C=O) groups excluding carboxylic acids is 1. The number of esters is 1. The predicted octanol–water partition coefficient (Wildman–Crippen LogP) is 1.97. The molecule has 1 unspecified atom stereocenters. The van der Waals surface area contributed by atoms with Gasteiger partial charge in [-0.25, -0.2) is 0 Å². The fraction of sp³-hybridized carbons (Fsp3) is 0.417. The summed E-state index contributed by atoms with van der Waals surface area (Å²) in [5.41, 5.74) is 4.69. The Balaban J connectivity index is 2.77. The van der Waals surface area contributed by atoms with E-state index in [4.69, 9.17) is 10.5 Å². The van der Waals surface area contributed by atoms with E-state index in [0.29, 0.717) is 4.90 Å². The summed E-state index contributed by atoms with van der Waals surface area (Å²) < 4.78 is 4.86. The number of nitro benzene ring substituents is 1. The zero-order valence-corrected chi connectivity index (χ0v) is 11.6. The molecule has 2 N–H and O–H groups in total. The van der Waals surface area contributed by atoms with Gasteiger partial charge in [-0.15, -0.1) is 11.8 Å². The Morgan fingerprint density at radius 1 is 1.53 bits per heavy atom. The first kappa shape index (κ1) is 15.5. The van der Waals surface area contributed by atoms with Gasteiger partial charge in [0, 0.05) is 11.8 Å². The van der Waals surface area contributed by atoms with Crippen LogP contribution in [0, 0.1) is 10.1 Å². The van der Waals surface area contributed by atoms with Gasteiger partial charge in [0.1, 0.15) is 5.54 Å². The minimum Gasteiger partial charge on any atom is -0.465 e. The molecule has 104 valence electrons. The Bertz CT molecular complexity index is 477. The van der Waals surface area contributed by atoms with E-state index in [1.165, 1.54) is 17.8 Å². The smallest absolute Gasteiger partial charge is 0.326 e. The molecule has 0 heterocycles. The van der Waals surface area contributed by atoms with Crippen molar-refractivity contribution in [1.82, 2.24) is 0 Å². The van der Waals surface area contributed by atoms with Crippen molar-refractivity contribution in [3.63, 3.8) is 0 Å². The van der Waals surface area contributed by atoms with Gasteiger partial charge in [0.15, 0.2) is 0 Å². The Hall–Kier alpha value is -1.60. The highest BCUT2D eigenvalue weighted by Gasteiger charge is 2.31. The van der Waals surface area contributed by atoms with Gasteiger partial charge in [-0.2, -0.15) is 0 Å². The average Bonchev–Trinajstić information content (AvgIpc) is 2.37. The van der Waals surface area contributed by atoms with Crippen LogP contribution in [0.25, 0.3) is 0 Å². The van der Waals surface area contributed by atoms with Crippen molar-refractivity contribution >= 4 is 23.4 Å². The second kappa shape index (κ2) is 6.53. The van der Waals surface area contributed by atoms with Crippen LogP contribution >= 0.6 is 11.8 Å². The number of benzene rings is 1. The van der Waals surface area contributed by atoms with Crippen molar-refractivity contribution in [2.45, 2.75) is 24.3 Å². The number of thioether (sulfide) groups is 1. The van der Waals surface area contributed by atoms with Crippen LogP contribution in [0.5, 0.6) is 0 Å². The Kier molecular flexibility index (Phi) is 5.31. The van der Waals surface area contributed by atoms with Gasteiger partial charge in [0.05, 0.1) is 16.4 Å². The lowest BCUT2D eigenvalue weighted by Gasteiger charge is -2.21. The molecule has 1 aromatic rings. The van der Waals surface area contributed by atoms with Gasteiger partial charge >= 0.3 is 5.97 Å². The summed E-state index contributed by atoms with van der Waals surface area (Å²) in [5, 5.41) is 10.9. The molecule has 19 heavy (non-hydrogen) atoms. The number of nitrogens with zero attached hydrogens (tertiary/aromatic N) is 1. The number of ether oxygens (including phenoxy) is 1. The Morgan fingerprint density at radius 2 is 2.16 bits per heavy atom. The monoisotopic (exact) mass is 284 g/mol. The van der Waals surface area contributed by atoms with E-state index < -0.39 is 16.4 Å². The van der Waals surface area contributed by atoms with E-state index in [9.17, 15) is 14.9 Å². The highest BCUT2D eigenvalue weighted by Crippen LogP contribution is 2.30. The van der Waals surface area contributed by atoms with Gasteiger partial charge in [-0.1, -0.05) is 12.1 Å². The molecular formula is C12H16N2O4S. The van der Waals surface area contributed by atoms with Crippen molar-refractivity contribution in [1.29, 1.82) is 0 Å². The molecule has 1 aromatic carbocycles. The van der Waals surface area contributed by atoms with Crippen LogP contribution in [0.2, 0.25) is 0 Å². The molecule has 0 spiro atoms. The molecule has 0 aliphatic carbocycles. The number of hydrogen-bond donors (Lipinski definition) is 1. The molecule has 0 radical (unpaired) electrons. The van der Waals surface area contributed by atoms with Crippen molar-refractivity contribution in [2.75, 3.05) is 12.4 Å². The minimum absolute atomic E-state index is 0.00663. The van der Waals surface area contributed by atoms with E-state index in [2.05, 4.69) is 0 Å². The van der Waals surface area contributed by atoms with E-state index in [1.807, 2.05) is 0 Å². The summed E-state index contributed by atoms with van der Waals surface area (Å²) in [7, 11) is 0. The number of hydrogen-bond acceptors (Lipinski definition) is 6. The zero-order chi connectivity index (χ0) is 14.5. The molecule has 0 bridgehead atoms. The van der Waals surface area contributed by atoms with Crippen LogP contribution in [0.15, 0.2) is 29.2 Å². The first-order valence-electron chi connectivity index (χ1n) is 5.71. The maximum Gasteiger partial charge on any atom is 0.326 e.